The molecule has 1 saturated carbocycles. The van der Waals surface area contributed by atoms with E-state index in [0.29, 0.717) is 0 Å². The summed E-state index contributed by atoms with van der Waals surface area (Å²) < 4.78 is 2.60. The SMILES string of the molecule is CCCc1nc2c(n1C(C)(C)C1CC1)CCNC2. The standard InChI is InChI=1S/C15H25N3/c1-4-5-14-17-12-10-16-9-8-13(12)18(14)15(2,3)11-6-7-11/h11,16H,4-10H2,1-3H3. The summed E-state index contributed by atoms with van der Waals surface area (Å²) in [6.07, 6.45) is 6.23. The molecule has 3 rings (SSSR count). The van der Waals surface area contributed by atoms with Crippen molar-refractivity contribution < 1.29 is 0 Å². The first-order valence-electron chi connectivity index (χ1n) is 7.45. The highest BCUT2D eigenvalue weighted by Crippen LogP contribution is 2.45. The molecule has 1 aliphatic heterocycles. The van der Waals surface area contributed by atoms with Crippen LogP contribution in [0.3, 0.4) is 0 Å². The number of fused-ring (bicyclic) bond motifs is 1. The minimum Gasteiger partial charge on any atom is -0.326 e. The summed E-state index contributed by atoms with van der Waals surface area (Å²) in [5.74, 6) is 2.18. The lowest BCUT2D eigenvalue weighted by atomic mass is 9.96. The molecule has 3 nitrogen and oxygen atoms in total. The fourth-order valence-corrected chi connectivity index (χ4v) is 3.41. The van der Waals surface area contributed by atoms with E-state index in [1.807, 2.05) is 0 Å². The number of hydrogen-bond acceptors (Lipinski definition) is 2. The summed E-state index contributed by atoms with van der Waals surface area (Å²) in [6.45, 7) is 9.13. The summed E-state index contributed by atoms with van der Waals surface area (Å²) in [7, 11) is 0. The molecule has 2 heterocycles. The average Bonchev–Trinajstić information content (AvgIpc) is 3.11. The Morgan fingerprint density at radius 2 is 2.17 bits per heavy atom. The van der Waals surface area contributed by atoms with Crippen molar-refractivity contribution in [2.75, 3.05) is 6.54 Å². The molecule has 0 amide bonds. The van der Waals surface area contributed by atoms with Gasteiger partial charge in [0.05, 0.1) is 5.69 Å². The number of imidazole rings is 1. The van der Waals surface area contributed by atoms with Crippen molar-refractivity contribution in [1.82, 2.24) is 14.9 Å². The van der Waals surface area contributed by atoms with Gasteiger partial charge >= 0.3 is 0 Å². The van der Waals surface area contributed by atoms with Crippen molar-refractivity contribution >= 4 is 0 Å². The van der Waals surface area contributed by atoms with Crippen LogP contribution in [0.1, 0.15) is 57.2 Å². The summed E-state index contributed by atoms with van der Waals surface area (Å²) >= 11 is 0. The molecule has 0 spiro atoms. The molecule has 1 aliphatic carbocycles. The number of nitrogens with zero attached hydrogens (tertiary/aromatic N) is 2. The van der Waals surface area contributed by atoms with Crippen molar-refractivity contribution in [2.24, 2.45) is 5.92 Å². The lowest BCUT2D eigenvalue weighted by Crippen LogP contribution is -2.34. The van der Waals surface area contributed by atoms with Crippen LogP contribution >= 0.6 is 0 Å². The van der Waals surface area contributed by atoms with Crippen molar-refractivity contribution in [3.8, 4) is 0 Å². The Labute approximate surface area is 110 Å². The highest BCUT2D eigenvalue weighted by Gasteiger charge is 2.41. The number of hydrogen-bond donors (Lipinski definition) is 1. The quantitative estimate of drug-likeness (QED) is 0.886. The van der Waals surface area contributed by atoms with Crippen molar-refractivity contribution in [2.45, 2.75) is 65.0 Å². The number of nitrogens with one attached hydrogen (secondary N) is 1. The maximum Gasteiger partial charge on any atom is 0.109 e. The van der Waals surface area contributed by atoms with Gasteiger partial charge in [0, 0.05) is 37.2 Å². The molecule has 0 saturated heterocycles. The predicted octanol–water partition coefficient (Wildman–Crippen LogP) is 2.63. The molecule has 18 heavy (non-hydrogen) atoms. The number of aryl methyl sites for hydroxylation is 1. The highest BCUT2D eigenvalue weighted by atomic mass is 15.2. The van der Waals surface area contributed by atoms with E-state index in [4.69, 9.17) is 4.98 Å². The minimum atomic E-state index is 0.266. The zero-order valence-electron chi connectivity index (χ0n) is 11.9. The van der Waals surface area contributed by atoms with Gasteiger partial charge in [-0.05, 0) is 39.0 Å². The summed E-state index contributed by atoms with van der Waals surface area (Å²) in [5, 5.41) is 3.44. The largest absolute Gasteiger partial charge is 0.326 e. The highest BCUT2D eigenvalue weighted by molar-refractivity contribution is 5.23. The van der Waals surface area contributed by atoms with Crippen molar-refractivity contribution in [1.29, 1.82) is 0 Å². The zero-order chi connectivity index (χ0) is 12.8. The monoisotopic (exact) mass is 247 g/mol. The molecule has 1 fully saturated rings. The molecule has 0 bridgehead atoms. The Bertz CT molecular complexity index is 441. The second-order valence-corrected chi connectivity index (χ2v) is 6.36. The molecular weight excluding hydrogens is 222 g/mol. The normalized spacial score (nSPS) is 19.9. The Morgan fingerprint density at radius 1 is 1.39 bits per heavy atom. The zero-order valence-corrected chi connectivity index (χ0v) is 11.9. The first-order valence-corrected chi connectivity index (χ1v) is 7.45. The van der Waals surface area contributed by atoms with Crippen LogP contribution in [-0.2, 0) is 24.9 Å². The van der Waals surface area contributed by atoms with Gasteiger partial charge in [-0.15, -0.1) is 0 Å². The van der Waals surface area contributed by atoms with Crippen molar-refractivity contribution in [3.05, 3.63) is 17.2 Å². The molecule has 1 aromatic rings. The third kappa shape index (κ3) is 1.89. The van der Waals surface area contributed by atoms with Gasteiger partial charge in [0.25, 0.3) is 0 Å². The second kappa shape index (κ2) is 4.37. The minimum absolute atomic E-state index is 0.266. The van der Waals surface area contributed by atoms with Crippen LogP contribution < -0.4 is 5.32 Å². The average molecular weight is 247 g/mol. The predicted molar refractivity (Wildman–Crippen MR) is 73.7 cm³/mol. The third-order valence-corrected chi connectivity index (χ3v) is 4.58. The summed E-state index contributed by atoms with van der Waals surface area (Å²) in [5.41, 5.74) is 3.08. The van der Waals surface area contributed by atoms with Crippen LogP contribution in [-0.4, -0.2) is 16.1 Å². The molecule has 3 heteroatoms. The van der Waals surface area contributed by atoms with Crippen LogP contribution in [0.15, 0.2) is 0 Å². The van der Waals surface area contributed by atoms with Crippen LogP contribution in [0.2, 0.25) is 0 Å². The van der Waals surface area contributed by atoms with Gasteiger partial charge < -0.3 is 9.88 Å². The maximum atomic E-state index is 4.92. The Morgan fingerprint density at radius 3 is 2.83 bits per heavy atom. The van der Waals surface area contributed by atoms with E-state index in [1.165, 1.54) is 36.5 Å². The van der Waals surface area contributed by atoms with E-state index in [9.17, 15) is 0 Å². The molecule has 0 aromatic carbocycles. The van der Waals surface area contributed by atoms with Crippen LogP contribution in [0, 0.1) is 5.92 Å². The maximum absolute atomic E-state index is 4.92. The van der Waals surface area contributed by atoms with E-state index in [0.717, 1.165) is 31.8 Å². The van der Waals surface area contributed by atoms with Crippen LogP contribution in [0.5, 0.6) is 0 Å². The van der Waals surface area contributed by atoms with E-state index in [1.54, 1.807) is 0 Å². The Kier molecular flexibility index (Phi) is 2.97. The molecule has 0 unspecified atom stereocenters. The fourth-order valence-electron chi connectivity index (χ4n) is 3.41. The van der Waals surface area contributed by atoms with Gasteiger partial charge in [0.1, 0.15) is 5.82 Å². The molecular formula is C15H25N3. The first-order chi connectivity index (χ1) is 8.64. The molecule has 0 radical (unpaired) electrons. The van der Waals surface area contributed by atoms with Gasteiger partial charge in [-0.25, -0.2) is 4.98 Å². The Balaban J connectivity index is 2.06. The van der Waals surface area contributed by atoms with E-state index in [2.05, 4.69) is 30.7 Å². The van der Waals surface area contributed by atoms with E-state index >= 15 is 0 Å². The molecule has 1 aromatic heterocycles. The van der Waals surface area contributed by atoms with E-state index < -0.39 is 0 Å². The molecule has 100 valence electrons. The lowest BCUT2D eigenvalue weighted by molar-refractivity contribution is 0.285. The van der Waals surface area contributed by atoms with Gasteiger partial charge in [-0.1, -0.05) is 6.92 Å². The van der Waals surface area contributed by atoms with Gasteiger partial charge in [-0.2, -0.15) is 0 Å². The topological polar surface area (TPSA) is 29.9 Å². The fraction of sp³-hybridized carbons (Fsp3) is 0.800. The van der Waals surface area contributed by atoms with Crippen LogP contribution in [0.25, 0.3) is 0 Å². The lowest BCUT2D eigenvalue weighted by Gasteiger charge is -2.32. The molecule has 1 N–H and O–H groups in total. The number of aromatic nitrogens is 2. The van der Waals surface area contributed by atoms with Crippen molar-refractivity contribution in [3.63, 3.8) is 0 Å². The Hall–Kier alpha value is -0.830. The van der Waals surface area contributed by atoms with Crippen LogP contribution in [0.4, 0.5) is 0 Å². The van der Waals surface area contributed by atoms with Gasteiger partial charge in [-0.3, -0.25) is 0 Å². The smallest absolute Gasteiger partial charge is 0.109 e. The first kappa shape index (κ1) is 12.2. The third-order valence-electron chi connectivity index (χ3n) is 4.58. The van der Waals surface area contributed by atoms with Gasteiger partial charge in [0.2, 0.25) is 0 Å². The molecule has 2 aliphatic rings. The summed E-state index contributed by atoms with van der Waals surface area (Å²) in [6, 6.07) is 0. The summed E-state index contributed by atoms with van der Waals surface area (Å²) in [4.78, 5) is 4.92. The van der Waals surface area contributed by atoms with Gasteiger partial charge in [0.15, 0.2) is 0 Å². The molecule has 0 atom stereocenters. The second-order valence-electron chi connectivity index (χ2n) is 6.36. The number of rotatable bonds is 4. The van der Waals surface area contributed by atoms with E-state index in [-0.39, 0.29) is 5.54 Å².